The number of aryl methyl sites for hydroxylation is 3. The van der Waals surface area contributed by atoms with Gasteiger partial charge >= 0.3 is 0 Å². The standard InChI is InChI=1S/C20H28N2O3S/c1-14-7-9-17(10-8-14)18(22(4)5)13-21-26(23,24)20-12-16(3)15(2)11-19(20)25-6/h7-12,18,21H,13H2,1-6H3. The number of rotatable bonds is 7. The molecule has 2 aromatic rings. The van der Waals surface area contributed by atoms with E-state index >= 15 is 0 Å². The SMILES string of the molecule is COc1cc(C)c(C)cc1S(=O)(=O)NCC(c1ccc(C)cc1)N(C)C. The van der Waals surface area contributed by atoms with Gasteiger partial charge in [0.1, 0.15) is 10.6 Å². The lowest BCUT2D eigenvalue weighted by Gasteiger charge is -2.25. The molecule has 2 rings (SSSR count). The number of nitrogens with one attached hydrogen (secondary N) is 1. The van der Waals surface area contributed by atoms with Crippen LogP contribution in [-0.4, -0.2) is 41.1 Å². The van der Waals surface area contributed by atoms with Crippen LogP contribution < -0.4 is 9.46 Å². The minimum atomic E-state index is -3.69. The average molecular weight is 377 g/mol. The highest BCUT2D eigenvalue weighted by molar-refractivity contribution is 7.89. The molecule has 0 saturated heterocycles. The summed E-state index contributed by atoms with van der Waals surface area (Å²) in [6.07, 6.45) is 0. The number of likely N-dealkylation sites (N-methyl/N-ethyl adjacent to an activating group) is 1. The molecule has 2 aromatic carbocycles. The lowest BCUT2D eigenvalue weighted by molar-refractivity contribution is 0.299. The zero-order valence-corrected chi connectivity index (χ0v) is 17.1. The third kappa shape index (κ3) is 4.63. The highest BCUT2D eigenvalue weighted by Gasteiger charge is 2.23. The number of sulfonamides is 1. The summed E-state index contributed by atoms with van der Waals surface area (Å²) in [5.74, 6) is 0.359. The molecule has 26 heavy (non-hydrogen) atoms. The van der Waals surface area contributed by atoms with Gasteiger partial charge in [-0.1, -0.05) is 29.8 Å². The van der Waals surface area contributed by atoms with E-state index in [1.54, 1.807) is 12.1 Å². The van der Waals surface area contributed by atoms with Crippen molar-refractivity contribution in [1.29, 1.82) is 0 Å². The first-order valence-corrected chi connectivity index (χ1v) is 10.0. The Morgan fingerprint density at radius 2 is 1.62 bits per heavy atom. The third-order valence-corrected chi connectivity index (χ3v) is 6.07. The van der Waals surface area contributed by atoms with Crippen LogP contribution >= 0.6 is 0 Å². The molecule has 0 aliphatic heterocycles. The van der Waals surface area contributed by atoms with Crippen LogP contribution in [0.3, 0.4) is 0 Å². The highest BCUT2D eigenvalue weighted by Crippen LogP contribution is 2.28. The molecule has 0 saturated carbocycles. The third-order valence-electron chi connectivity index (χ3n) is 4.62. The summed E-state index contributed by atoms with van der Waals surface area (Å²) < 4.78 is 33.8. The van der Waals surface area contributed by atoms with Crippen LogP contribution in [0.5, 0.6) is 5.75 Å². The molecule has 0 aliphatic rings. The molecule has 142 valence electrons. The van der Waals surface area contributed by atoms with Gasteiger partial charge < -0.3 is 9.64 Å². The molecule has 1 N–H and O–H groups in total. The first kappa shape index (κ1) is 20.4. The van der Waals surface area contributed by atoms with E-state index in [0.29, 0.717) is 5.75 Å². The Hall–Kier alpha value is -1.89. The molecule has 0 bridgehead atoms. The van der Waals surface area contributed by atoms with Crippen LogP contribution in [0.1, 0.15) is 28.3 Å². The fourth-order valence-electron chi connectivity index (χ4n) is 2.79. The van der Waals surface area contributed by atoms with Crippen molar-refractivity contribution >= 4 is 10.0 Å². The Labute approximate surface area is 157 Å². The Morgan fingerprint density at radius 1 is 1.04 bits per heavy atom. The van der Waals surface area contributed by atoms with Gasteiger partial charge in [-0.2, -0.15) is 0 Å². The number of nitrogens with zero attached hydrogens (tertiary/aromatic N) is 1. The Kier molecular flexibility index (Phi) is 6.44. The van der Waals surface area contributed by atoms with E-state index in [-0.39, 0.29) is 17.5 Å². The van der Waals surface area contributed by atoms with E-state index in [0.717, 1.165) is 16.7 Å². The van der Waals surface area contributed by atoms with Crippen LogP contribution in [0.25, 0.3) is 0 Å². The molecule has 0 spiro atoms. The zero-order chi connectivity index (χ0) is 19.5. The smallest absolute Gasteiger partial charge is 0.244 e. The summed E-state index contributed by atoms with van der Waals surface area (Å²) >= 11 is 0. The number of ether oxygens (including phenoxy) is 1. The minimum Gasteiger partial charge on any atom is -0.495 e. The van der Waals surface area contributed by atoms with Crippen molar-refractivity contribution < 1.29 is 13.2 Å². The van der Waals surface area contributed by atoms with Crippen LogP contribution in [0.15, 0.2) is 41.3 Å². The molecule has 0 aromatic heterocycles. The molecule has 0 fully saturated rings. The molecule has 5 nitrogen and oxygen atoms in total. The molecule has 1 unspecified atom stereocenters. The van der Waals surface area contributed by atoms with Gasteiger partial charge in [0.25, 0.3) is 0 Å². The Balaban J connectivity index is 2.28. The summed E-state index contributed by atoms with van der Waals surface area (Å²) in [4.78, 5) is 2.18. The van der Waals surface area contributed by atoms with E-state index in [2.05, 4.69) is 4.72 Å². The predicted octanol–water partition coefficient (Wildman–Crippen LogP) is 3.20. The molecular weight excluding hydrogens is 348 g/mol. The monoisotopic (exact) mass is 376 g/mol. The van der Waals surface area contributed by atoms with E-state index in [4.69, 9.17) is 4.74 Å². The van der Waals surface area contributed by atoms with Crippen molar-refractivity contribution in [3.8, 4) is 5.75 Å². The first-order valence-electron chi connectivity index (χ1n) is 8.53. The zero-order valence-electron chi connectivity index (χ0n) is 16.3. The summed E-state index contributed by atoms with van der Waals surface area (Å²) in [5, 5.41) is 0. The highest BCUT2D eigenvalue weighted by atomic mass is 32.2. The summed E-state index contributed by atoms with van der Waals surface area (Å²) in [6, 6.07) is 11.5. The normalized spacial score (nSPS) is 13.0. The van der Waals surface area contributed by atoms with Crippen LogP contribution in [0.4, 0.5) is 0 Å². The van der Waals surface area contributed by atoms with Crippen molar-refractivity contribution in [2.45, 2.75) is 31.7 Å². The molecule has 0 aliphatic carbocycles. The van der Waals surface area contributed by atoms with Crippen molar-refractivity contribution in [2.75, 3.05) is 27.7 Å². The second-order valence-corrected chi connectivity index (χ2v) is 8.56. The van der Waals surface area contributed by atoms with Gasteiger partial charge in [0.2, 0.25) is 10.0 Å². The maximum Gasteiger partial charge on any atom is 0.244 e. The van der Waals surface area contributed by atoms with Crippen molar-refractivity contribution in [1.82, 2.24) is 9.62 Å². The number of methoxy groups -OCH3 is 1. The largest absolute Gasteiger partial charge is 0.495 e. The summed E-state index contributed by atoms with van der Waals surface area (Å²) in [6.45, 7) is 6.13. The minimum absolute atomic E-state index is 0.0667. The predicted molar refractivity (Wildman–Crippen MR) is 105 cm³/mol. The van der Waals surface area contributed by atoms with Gasteiger partial charge in [-0.05, 0) is 63.7 Å². The van der Waals surface area contributed by atoms with E-state index < -0.39 is 10.0 Å². The quantitative estimate of drug-likeness (QED) is 0.806. The number of hydrogen-bond donors (Lipinski definition) is 1. The van der Waals surface area contributed by atoms with Crippen molar-refractivity contribution in [3.63, 3.8) is 0 Å². The van der Waals surface area contributed by atoms with Crippen LogP contribution in [0.2, 0.25) is 0 Å². The van der Waals surface area contributed by atoms with Crippen LogP contribution in [-0.2, 0) is 10.0 Å². The average Bonchev–Trinajstić information content (AvgIpc) is 2.58. The molecular formula is C20H28N2O3S. The lowest BCUT2D eigenvalue weighted by atomic mass is 10.0. The van der Waals surface area contributed by atoms with Gasteiger partial charge in [-0.3, -0.25) is 0 Å². The second kappa shape index (κ2) is 8.20. The van der Waals surface area contributed by atoms with Crippen LogP contribution in [0, 0.1) is 20.8 Å². The summed E-state index contributed by atoms with van der Waals surface area (Å²) in [7, 11) is 1.68. The maximum absolute atomic E-state index is 12.9. The number of benzene rings is 2. The number of hydrogen-bond acceptors (Lipinski definition) is 4. The topological polar surface area (TPSA) is 58.6 Å². The lowest BCUT2D eigenvalue weighted by Crippen LogP contribution is -2.34. The second-order valence-electron chi connectivity index (χ2n) is 6.83. The van der Waals surface area contributed by atoms with Crippen molar-refractivity contribution in [2.24, 2.45) is 0 Å². The van der Waals surface area contributed by atoms with Gasteiger partial charge in [-0.25, -0.2) is 13.1 Å². The van der Waals surface area contributed by atoms with Gasteiger partial charge in [0, 0.05) is 12.6 Å². The fraction of sp³-hybridized carbons (Fsp3) is 0.400. The molecule has 1 atom stereocenters. The molecule has 6 heteroatoms. The van der Waals surface area contributed by atoms with E-state index in [1.807, 2.05) is 64.0 Å². The maximum atomic E-state index is 12.9. The van der Waals surface area contributed by atoms with E-state index in [9.17, 15) is 8.42 Å². The van der Waals surface area contributed by atoms with Gasteiger partial charge in [0.05, 0.1) is 7.11 Å². The summed E-state index contributed by atoms with van der Waals surface area (Å²) in [5.41, 5.74) is 4.14. The molecule has 0 amide bonds. The fourth-order valence-corrected chi connectivity index (χ4v) is 4.06. The van der Waals surface area contributed by atoms with E-state index in [1.165, 1.54) is 12.7 Å². The first-order chi connectivity index (χ1) is 12.2. The van der Waals surface area contributed by atoms with Gasteiger partial charge in [0.15, 0.2) is 0 Å². The Bertz CT molecular complexity index is 859. The van der Waals surface area contributed by atoms with Gasteiger partial charge in [-0.15, -0.1) is 0 Å². The molecule has 0 radical (unpaired) electrons. The van der Waals surface area contributed by atoms with Crippen molar-refractivity contribution in [3.05, 3.63) is 58.7 Å². The Morgan fingerprint density at radius 3 is 2.15 bits per heavy atom. The molecule has 0 heterocycles.